The molecule has 120 valence electrons. The summed E-state index contributed by atoms with van der Waals surface area (Å²) in [6.07, 6.45) is 1.66. The Labute approximate surface area is 141 Å². The van der Waals surface area contributed by atoms with E-state index in [4.69, 9.17) is 0 Å². The number of nitrogens with zero attached hydrogens (tertiary/aromatic N) is 3. The van der Waals surface area contributed by atoms with Gasteiger partial charge in [0, 0.05) is 29.6 Å². The summed E-state index contributed by atoms with van der Waals surface area (Å²) in [5, 5.41) is 2.49. The second-order valence-corrected chi connectivity index (χ2v) is 6.84. The highest BCUT2D eigenvalue weighted by atomic mass is 32.2. The zero-order valence-corrected chi connectivity index (χ0v) is 13.8. The van der Waals surface area contributed by atoms with Crippen molar-refractivity contribution in [2.75, 3.05) is 30.3 Å². The van der Waals surface area contributed by atoms with Crippen LogP contribution in [0.1, 0.15) is 0 Å². The number of aromatic nitrogens is 1. The lowest BCUT2D eigenvalue weighted by Gasteiger charge is -2.32. The summed E-state index contributed by atoms with van der Waals surface area (Å²) in [5.41, 5.74) is 0. The van der Waals surface area contributed by atoms with E-state index in [1.807, 2.05) is 5.38 Å². The van der Waals surface area contributed by atoms with E-state index in [1.54, 1.807) is 28.1 Å². The molecule has 0 radical (unpaired) electrons. The molecule has 1 aromatic carbocycles. The molecule has 3 rings (SSSR count). The molecule has 23 heavy (non-hydrogen) atoms. The number of anilines is 1. The molecule has 5 nitrogen and oxygen atoms in total. The minimum Gasteiger partial charge on any atom is -0.331 e. The third-order valence-corrected chi connectivity index (χ3v) is 5.19. The van der Waals surface area contributed by atoms with Gasteiger partial charge in [0.05, 0.1) is 5.75 Å². The van der Waals surface area contributed by atoms with E-state index in [0.717, 1.165) is 4.90 Å². The van der Waals surface area contributed by atoms with Crippen LogP contribution >= 0.6 is 23.1 Å². The zero-order valence-electron chi connectivity index (χ0n) is 12.1. The van der Waals surface area contributed by atoms with E-state index in [1.165, 1.54) is 35.2 Å². The fraction of sp³-hybridized carbons (Fsp3) is 0.267. The van der Waals surface area contributed by atoms with Crippen LogP contribution < -0.4 is 4.90 Å². The molecule has 0 bridgehead atoms. The van der Waals surface area contributed by atoms with E-state index in [0.29, 0.717) is 18.2 Å². The van der Waals surface area contributed by atoms with Gasteiger partial charge < -0.3 is 4.90 Å². The van der Waals surface area contributed by atoms with Crippen LogP contribution in [0.3, 0.4) is 0 Å². The van der Waals surface area contributed by atoms with Gasteiger partial charge in [-0.05, 0) is 24.3 Å². The van der Waals surface area contributed by atoms with Crippen molar-refractivity contribution >= 4 is 40.0 Å². The average molecular weight is 351 g/mol. The summed E-state index contributed by atoms with van der Waals surface area (Å²) in [7, 11) is 0. The third kappa shape index (κ3) is 3.89. The number of carbonyl (C=O) groups is 2. The number of piperazine rings is 1. The SMILES string of the molecule is O=C(CSc1ccc(F)cc1)N1CCN(c2nccs2)C(=O)C1. The lowest BCUT2D eigenvalue weighted by Crippen LogP contribution is -2.52. The molecule has 2 aromatic rings. The Bertz CT molecular complexity index is 691. The monoisotopic (exact) mass is 351 g/mol. The highest BCUT2D eigenvalue weighted by Crippen LogP contribution is 2.21. The fourth-order valence-electron chi connectivity index (χ4n) is 2.20. The summed E-state index contributed by atoms with van der Waals surface area (Å²) >= 11 is 2.74. The van der Waals surface area contributed by atoms with Crippen LogP contribution in [-0.2, 0) is 9.59 Å². The quantitative estimate of drug-likeness (QED) is 0.793. The molecule has 2 heterocycles. The Morgan fingerprint density at radius 1 is 1.30 bits per heavy atom. The molecule has 0 spiro atoms. The van der Waals surface area contributed by atoms with Gasteiger partial charge in [-0.3, -0.25) is 14.5 Å². The predicted octanol–water partition coefficient (Wildman–Crippen LogP) is 2.25. The molecule has 1 aliphatic rings. The van der Waals surface area contributed by atoms with Crippen LogP contribution in [0.15, 0.2) is 40.7 Å². The first kappa shape index (κ1) is 15.9. The number of hydrogen-bond acceptors (Lipinski definition) is 5. The molecule has 0 saturated carbocycles. The molecular formula is C15H14FN3O2S2. The van der Waals surface area contributed by atoms with E-state index < -0.39 is 0 Å². The van der Waals surface area contributed by atoms with Crippen molar-refractivity contribution in [1.82, 2.24) is 9.88 Å². The Morgan fingerprint density at radius 3 is 2.74 bits per heavy atom. The number of rotatable bonds is 4. The molecule has 0 unspecified atom stereocenters. The molecule has 0 N–H and O–H groups in total. The summed E-state index contributed by atoms with van der Waals surface area (Å²) in [4.78, 5) is 32.5. The number of benzene rings is 1. The van der Waals surface area contributed by atoms with E-state index >= 15 is 0 Å². The lowest BCUT2D eigenvalue weighted by molar-refractivity contribution is -0.134. The van der Waals surface area contributed by atoms with Gasteiger partial charge in [-0.1, -0.05) is 0 Å². The molecule has 1 aliphatic heterocycles. The second-order valence-electron chi connectivity index (χ2n) is 4.92. The number of thioether (sulfide) groups is 1. The van der Waals surface area contributed by atoms with E-state index in [-0.39, 0.29) is 29.9 Å². The Morgan fingerprint density at radius 2 is 2.09 bits per heavy atom. The normalized spacial score (nSPS) is 15.1. The minimum atomic E-state index is -0.301. The second kappa shape index (κ2) is 7.10. The average Bonchev–Trinajstić information content (AvgIpc) is 3.08. The Hall–Kier alpha value is -1.93. The standard InChI is InChI=1S/C15H14FN3O2S2/c16-11-1-3-12(4-2-11)23-10-14(21)18-6-7-19(13(20)9-18)15-17-5-8-22-15/h1-5,8H,6-7,9-10H2. The Balaban J connectivity index is 1.53. The first-order valence-corrected chi connectivity index (χ1v) is 8.86. The highest BCUT2D eigenvalue weighted by molar-refractivity contribution is 8.00. The Kier molecular flexibility index (Phi) is 4.92. The summed E-state index contributed by atoms with van der Waals surface area (Å²) in [5.74, 6) is -0.279. The number of thiazole rings is 1. The van der Waals surface area contributed by atoms with Crippen LogP contribution in [-0.4, -0.2) is 47.1 Å². The molecule has 0 aliphatic carbocycles. The summed E-state index contributed by atoms with van der Waals surface area (Å²) < 4.78 is 12.8. The van der Waals surface area contributed by atoms with Crippen molar-refractivity contribution in [2.45, 2.75) is 4.90 Å². The van der Waals surface area contributed by atoms with Gasteiger partial charge in [0.25, 0.3) is 0 Å². The smallest absolute Gasteiger partial charge is 0.248 e. The summed E-state index contributed by atoms with van der Waals surface area (Å²) in [6, 6.07) is 6.00. The zero-order chi connectivity index (χ0) is 16.2. The summed E-state index contributed by atoms with van der Waals surface area (Å²) in [6.45, 7) is 1.02. The van der Waals surface area contributed by atoms with Gasteiger partial charge in [-0.15, -0.1) is 23.1 Å². The van der Waals surface area contributed by atoms with Crippen molar-refractivity contribution in [2.24, 2.45) is 0 Å². The van der Waals surface area contributed by atoms with Crippen molar-refractivity contribution in [3.8, 4) is 0 Å². The van der Waals surface area contributed by atoms with Crippen LogP contribution in [0.4, 0.5) is 9.52 Å². The number of halogens is 1. The molecule has 2 amide bonds. The van der Waals surface area contributed by atoms with Crippen LogP contribution in [0.2, 0.25) is 0 Å². The lowest BCUT2D eigenvalue weighted by atomic mass is 10.3. The maximum Gasteiger partial charge on any atom is 0.248 e. The molecule has 8 heteroatoms. The number of hydrogen-bond donors (Lipinski definition) is 0. The van der Waals surface area contributed by atoms with Crippen molar-refractivity contribution in [3.63, 3.8) is 0 Å². The number of amides is 2. The third-order valence-electron chi connectivity index (χ3n) is 3.40. The molecule has 1 fully saturated rings. The van der Waals surface area contributed by atoms with Crippen LogP contribution in [0, 0.1) is 5.82 Å². The molecule has 1 saturated heterocycles. The van der Waals surface area contributed by atoms with Crippen LogP contribution in [0.5, 0.6) is 0 Å². The molecular weight excluding hydrogens is 337 g/mol. The maximum absolute atomic E-state index is 12.8. The first-order chi connectivity index (χ1) is 11.1. The largest absolute Gasteiger partial charge is 0.331 e. The fourth-order valence-corrected chi connectivity index (χ4v) is 3.69. The van der Waals surface area contributed by atoms with Gasteiger partial charge in [0.15, 0.2) is 5.13 Å². The van der Waals surface area contributed by atoms with Gasteiger partial charge >= 0.3 is 0 Å². The van der Waals surface area contributed by atoms with Gasteiger partial charge in [-0.25, -0.2) is 9.37 Å². The van der Waals surface area contributed by atoms with E-state index in [9.17, 15) is 14.0 Å². The van der Waals surface area contributed by atoms with Gasteiger partial charge in [0.2, 0.25) is 11.8 Å². The van der Waals surface area contributed by atoms with Crippen molar-refractivity contribution in [3.05, 3.63) is 41.7 Å². The van der Waals surface area contributed by atoms with Crippen molar-refractivity contribution in [1.29, 1.82) is 0 Å². The van der Waals surface area contributed by atoms with Gasteiger partial charge in [0.1, 0.15) is 12.4 Å². The minimum absolute atomic E-state index is 0.0718. The highest BCUT2D eigenvalue weighted by Gasteiger charge is 2.28. The molecule has 0 atom stereocenters. The molecule has 1 aromatic heterocycles. The van der Waals surface area contributed by atoms with Crippen molar-refractivity contribution < 1.29 is 14.0 Å². The predicted molar refractivity (Wildman–Crippen MR) is 88.2 cm³/mol. The van der Waals surface area contributed by atoms with E-state index in [2.05, 4.69) is 4.98 Å². The first-order valence-electron chi connectivity index (χ1n) is 6.99. The number of carbonyl (C=O) groups excluding carboxylic acids is 2. The van der Waals surface area contributed by atoms with Gasteiger partial charge in [-0.2, -0.15) is 0 Å². The topological polar surface area (TPSA) is 53.5 Å². The maximum atomic E-state index is 12.8. The van der Waals surface area contributed by atoms with Crippen LogP contribution in [0.25, 0.3) is 0 Å².